The van der Waals surface area contributed by atoms with Crippen molar-refractivity contribution in [2.45, 2.75) is 42.9 Å². The number of nitrogens with one attached hydrogen (secondary N) is 1. The van der Waals surface area contributed by atoms with Crippen LogP contribution in [0.3, 0.4) is 0 Å². The van der Waals surface area contributed by atoms with E-state index in [0.717, 1.165) is 11.1 Å². The lowest BCUT2D eigenvalue weighted by atomic mass is 9.95. The average molecular weight is 392 g/mol. The maximum Gasteiger partial charge on any atom is 0.224 e. The molecule has 1 amide bonds. The Morgan fingerprint density at radius 3 is 2.50 bits per heavy atom. The molecular formula is C21H26ClNO2S. The van der Waals surface area contributed by atoms with Crippen LogP contribution in [0.15, 0.2) is 53.4 Å². The largest absolute Gasteiger partial charge is 0.372 e. The van der Waals surface area contributed by atoms with Gasteiger partial charge < -0.3 is 10.1 Å². The maximum absolute atomic E-state index is 12.3. The molecule has 3 nitrogen and oxygen atoms in total. The number of carbonyl (C=O) groups is 1. The summed E-state index contributed by atoms with van der Waals surface area (Å²) >= 11 is 7.89. The highest BCUT2D eigenvalue weighted by Crippen LogP contribution is 2.26. The highest BCUT2D eigenvalue weighted by atomic mass is 35.5. The SMILES string of the molecule is COC(C)(CNC(=O)Cc1ccc(SC(C)C)cc1)c1cccc(Cl)c1. The molecular weight excluding hydrogens is 366 g/mol. The van der Waals surface area contributed by atoms with E-state index in [1.54, 1.807) is 7.11 Å². The lowest BCUT2D eigenvalue weighted by Gasteiger charge is -2.29. The van der Waals surface area contributed by atoms with Crippen molar-refractivity contribution in [3.8, 4) is 0 Å². The summed E-state index contributed by atoms with van der Waals surface area (Å²) in [4.78, 5) is 13.6. The number of hydrogen-bond acceptors (Lipinski definition) is 3. The van der Waals surface area contributed by atoms with E-state index in [2.05, 4.69) is 31.3 Å². The molecule has 140 valence electrons. The molecule has 2 aromatic rings. The summed E-state index contributed by atoms with van der Waals surface area (Å²) in [5, 5.41) is 4.17. The number of hydrogen-bond donors (Lipinski definition) is 1. The van der Waals surface area contributed by atoms with Crippen molar-refractivity contribution in [2.24, 2.45) is 0 Å². The van der Waals surface area contributed by atoms with Gasteiger partial charge in [0.25, 0.3) is 0 Å². The third kappa shape index (κ3) is 6.04. The lowest BCUT2D eigenvalue weighted by molar-refractivity contribution is -0.122. The van der Waals surface area contributed by atoms with Gasteiger partial charge in [-0.15, -0.1) is 11.8 Å². The van der Waals surface area contributed by atoms with Crippen molar-refractivity contribution in [1.29, 1.82) is 0 Å². The van der Waals surface area contributed by atoms with E-state index >= 15 is 0 Å². The van der Waals surface area contributed by atoms with E-state index in [4.69, 9.17) is 16.3 Å². The van der Waals surface area contributed by atoms with Crippen LogP contribution in [0.1, 0.15) is 31.9 Å². The Kier molecular flexibility index (Phi) is 7.56. The molecule has 0 bridgehead atoms. The third-order valence-corrected chi connectivity index (χ3v) is 5.42. The van der Waals surface area contributed by atoms with Gasteiger partial charge in [0.15, 0.2) is 0 Å². The molecule has 0 aliphatic rings. The van der Waals surface area contributed by atoms with Gasteiger partial charge in [0, 0.05) is 22.3 Å². The quantitative estimate of drug-likeness (QED) is 0.639. The smallest absolute Gasteiger partial charge is 0.224 e. The fourth-order valence-electron chi connectivity index (χ4n) is 2.58. The molecule has 1 atom stereocenters. The van der Waals surface area contributed by atoms with Crippen LogP contribution in [0.2, 0.25) is 5.02 Å². The normalized spacial score (nSPS) is 13.5. The first-order chi connectivity index (χ1) is 12.3. The molecule has 0 radical (unpaired) electrons. The van der Waals surface area contributed by atoms with Crippen LogP contribution in [0.5, 0.6) is 0 Å². The summed E-state index contributed by atoms with van der Waals surface area (Å²) in [7, 11) is 1.64. The van der Waals surface area contributed by atoms with Gasteiger partial charge in [-0.1, -0.05) is 49.7 Å². The van der Waals surface area contributed by atoms with Crippen LogP contribution < -0.4 is 5.32 Å². The van der Waals surface area contributed by atoms with Crippen LogP contribution in [-0.4, -0.2) is 24.8 Å². The van der Waals surface area contributed by atoms with Crippen molar-refractivity contribution in [1.82, 2.24) is 5.32 Å². The monoisotopic (exact) mass is 391 g/mol. The van der Waals surface area contributed by atoms with E-state index in [1.807, 2.05) is 55.1 Å². The van der Waals surface area contributed by atoms with Gasteiger partial charge in [0.2, 0.25) is 5.91 Å². The molecule has 26 heavy (non-hydrogen) atoms. The maximum atomic E-state index is 12.3. The summed E-state index contributed by atoms with van der Waals surface area (Å²) in [5.74, 6) is -0.0282. The van der Waals surface area contributed by atoms with Gasteiger partial charge in [-0.25, -0.2) is 0 Å². The van der Waals surface area contributed by atoms with E-state index < -0.39 is 5.60 Å². The lowest BCUT2D eigenvalue weighted by Crippen LogP contribution is -2.40. The first-order valence-electron chi connectivity index (χ1n) is 8.66. The number of halogens is 1. The molecule has 5 heteroatoms. The minimum Gasteiger partial charge on any atom is -0.372 e. The number of amides is 1. The topological polar surface area (TPSA) is 38.3 Å². The molecule has 1 unspecified atom stereocenters. The van der Waals surface area contributed by atoms with Crippen molar-refractivity contribution >= 4 is 29.3 Å². The second-order valence-corrected chi connectivity index (χ2v) is 8.80. The van der Waals surface area contributed by atoms with Gasteiger partial charge >= 0.3 is 0 Å². The summed E-state index contributed by atoms with van der Waals surface area (Å²) in [5.41, 5.74) is 1.30. The number of benzene rings is 2. The van der Waals surface area contributed by atoms with Crippen LogP contribution >= 0.6 is 23.4 Å². The summed E-state index contributed by atoms with van der Waals surface area (Å²) < 4.78 is 5.66. The van der Waals surface area contributed by atoms with Crippen molar-refractivity contribution in [3.63, 3.8) is 0 Å². The third-order valence-electron chi connectivity index (χ3n) is 4.17. The number of methoxy groups -OCH3 is 1. The summed E-state index contributed by atoms with van der Waals surface area (Å²) in [6, 6.07) is 15.7. The standard InChI is InChI=1S/C21H26ClNO2S/c1-15(2)26-19-10-8-16(9-11-19)12-20(24)23-14-21(3,25-4)17-6-5-7-18(22)13-17/h5-11,13,15H,12,14H2,1-4H3,(H,23,24). The zero-order valence-electron chi connectivity index (χ0n) is 15.7. The molecule has 0 heterocycles. The Morgan fingerprint density at radius 2 is 1.92 bits per heavy atom. The number of carbonyl (C=O) groups excluding carboxylic acids is 1. The molecule has 0 spiro atoms. The Bertz CT molecular complexity index is 733. The van der Waals surface area contributed by atoms with Crippen molar-refractivity contribution in [3.05, 3.63) is 64.7 Å². The second kappa shape index (κ2) is 9.45. The van der Waals surface area contributed by atoms with Crippen LogP contribution in [0.25, 0.3) is 0 Å². The molecule has 0 aliphatic heterocycles. The summed E-state index contributed by atoms with van der Waals surface area (Å²) in [6.07, 6.45) is 0.349. The first-order valence-corrected chi connectivity index (χ1v) is 9.91. The van der Waals surface area contributed by atoms with E-state index in [1.165, 1.54) is 4.90 Å². The number of thioether (sulfide) groups is 1. The van der Waals surface area contributed by atoms with E-state index in [-0.39, 0.29) is 5.91 Å². The Morgan fingerprint density at radius 1 is 1.23 bits per heavy atom. The zero-order valence-corrected chi connectivity index (χ0v) is 17.3. The van der Waals surface area contributed by atoms with Gasteiger partial charge in [0.05, 0.1) is 13.0 Å². The molecule has 2 rings (SSSR count). The van der Waals surface area contributed by atoms with Crippen LogP contribution in [-0.2, 0) is 21.6 Å². The second-order valence-electron chi connectivity index (χ2n) is 6.71. The Hall–Kier alpha value is -1.49. The zero-order chi connectivity index (χ0) is 19.2. The highest BCUT2D eigenvalue weighted by Gasteiger charge is 2.27. The predicted molar refractivity (Wildman–Crippen MR) is 110 cm³/mol. The Labute approximate surface area is 165 Å². The summed E-state index contributed by atoms with van der Waals surface area (Å²) in [6.45, 7) is 6.65. The van der Waals surface area contributed by atoms with Crippen molar-refractivity contribution in [2.75, 3.05) is 13.7 Å². The molecule has 0 saturated carbocycles. The van der Waals surface area contributed by atoms with E-state index in [0.29, 0.717) is 23.2 Å². The molecule has 0 aliphatic carbocycles. The van der Waals surface area contributed by atoms with Gasteiger partial charge in [-0.3, -0.25) is 4.79 Å². The first kappa shape index (κ1) is 20.8. The van der Waals surface area contributed by atoms with E-state index in [9.17, 15) is 4.79 Å². The van der Waals surface area contributed by atoms with Gasteiger partial charge in [0.1, 0.15) is 5.60 Å². The van der Waals surface area contributed by atoms with Gasteiger partial charge in [-0.05, 0) is 42.3 Å². The fraction of sp³-hybridized carbons (Fsp3) is 0.381. The molecule has 0 saturated heterocycles. The minimum absolute atomic E-state index is 0.0282. The Balaban J connectivity index is 1.94. The predicted octanol–water partition coefficient (Wildman–Crippen LogP) is 5.06. The molecule has 2 aromatic carbocycles. The fourth-order valence-corrected chi connectivity index (χ4v) is 3.61. The average Bonchev–Trinajstić information content (AvgIpc) is 2.61. The van der Waals surface area contributed by atoms with Gasteiger partial charge in [-0.2, -0.15) is 0 Å². The molecule has 0 fully saturated rings. The molecule has 0 aromatic heterocycles. The number of ether oxygens (including phenoxy) is 1. The number of rotatable bonds is 8. The minimum atomic E-state index is -0.627. The van der Waals surface area contributed by atoms with Crippen LogP contribution in [0.4, 0.5) is 0 Å². The molecule has 1 N–H and O–H groups in total. The van der Waals surface area contributed by atoms with Crippen molar-refractivity contribution < 1.29 is 9.53 Å². The van der Waals surface area contributed by atoms with Crippen LogP contribution in [0, 0.1) is 0 Å². The highest BCUT2D eigenvalue weighted by molar-refractivity contribution is 7.99.